The van der Waals surface area contributed by atoms with Crippen molar-refractivity contribution in [2.75, 3.05) is 0 Å². The lowest BCUT2D eigenvalue weighted by molar-refractivity contribution is -0.125. The van der Waals surface area contributed by atoms with Gasteiger partial charge in [0.2, 0.25) is 5.91 Å². The zero-order chi connectivity index (χ0) is 13.9. The second kappa shape index (κ2) is 7.68. The lowest BCUT2D eigenvalue weighted by Gasteiger charge is -2.20. The molecule has 3 atom stereocenters. The highest BCUT2D eigenvalue weighted by Gasteiger charge is 2.19. The fourth-order valence-corrected chi connectivity index (χ4v) is 1.64. The van der Waals surface area contributed by atoms with Crippen LogP contribution in [0.2, 0.25) is 5.02 Å². The molecule has 0 bridgehead atoms. The third kappa shape index (κ3) is 4.97. The molecule has 0 saturated carbocycles. The van der Waals surface area contributed by atoms with Gasteiger partial charge in [0, 0.05) is 12.0 Å². The molecule has 0 spiro atoms. The van der Waals surface area contributed by atoms with Gasteiger partial charge in [-0.3, -0.25) is 4.79 Å². The van der Waals surface area contributed by atoms with Gasteiger partial charge in [0.15, 0.2) is 0 Å². The van der Waals surface area contributed by atoms with E-state index < -0.39 is 5.82 Å². The molecule has 0 heterocycles. The number of nitrogens with two attached hydrogens (primary N) is 1. The summed E-state index contributed by atoms with van der Waals surface area (Å²) in [6.07, 6.45) is 0. The molecule has 1 aromatic carbocycles. The Morgan fingerprint density at radius 2 is 1.95 bits per heavy atom. The van der Waals surface area contributed by atoms with Crippen LogP contribution in [0.5, 0.6) is 0 Å². The summed E-state index contributed by atoms with van der Waals surface area (Å²) in [7, 11) is 0. The summed E-state index contributed by atoms with van der Waals surface area (Å²) in [6.45, 7) is 5.36. The minimum Gasteiger partial charge on any atom is -0.349 e. The molecule has 3 nitrogen and oxygen atoms in total. The van der Waals surface area contributed by atoms with E-state index in [4.69, 9.17) is 17.3 Å². The molecule has 6 heteroatoms. The van der Waals surface area contributed by atoms with Gasteiger partial charge in [-0.05, 0) is 31.5 Å². The first-order valence-electron chi connectivity index (χ1n) is 5.83. The van der Waals surface area contributed by atoms with Crippen molar-refractivity contribution in [2.24, 2.45) is 11.7 Å². The molecule has 3 N–H and O–H groups in total. The van der Waals surface area contributed by atoms with Gasteiger partial charge < -0.3 is 11.1 Å². The van der Waals surface area contributed by atoms with Crippen LogP contribution >= 0.6 is 24.0 Å². The molecule has 1 amide bonds. The van der Waals surface area contributed by atoms with Gasteiger partial charge >= 0.3 is 0 Å². The number of halogens is 3. The third-order valence-corrected chi connectivity index (χ3v) is 3.29. The van der Waals surface area contributed by atoms with E-state index in [1.54, 1.807) is 19.9 Å². The molecule has 1 aromatic rings. The molecule has 0 aromatic heterocycles. The second-order valence-electron chi connectivity index (χ2n) is 4.55. The normalized spacial score (nSPS) is 15.1. The quantitative estimate of drug-likeness (QED) is 0.898. The molecule has 0 saturated heterocycles. The molecule has 0 radical (unpaired) electrons. The van der Waals surface area contributed by atoms with Crippen LogP contribution in [0.1, 0.15) is 32.4 Å². The SMILES string of the molecule is CC(NC(=O)C(C)C(C)N)c1ccc(F)c(Cl)c1.Cl. The van der Waals surface area contributed by atoms with E-state index in [0.29, 0.717) is 0 Å². The monoisotopic (exact) mass is 308 g/mol. The molecule has 1 rings (SSSR count). The summed E-state index contributed by atoms with van der Waals surface area (Å²) in [5.41, 5.74) is 6.42. The highest BCUT2D eigenvalue weighted by atomic mass is 35.5. The predicted octanol–water partition coefficient (Wildman–Crippen LogP) is 3.06. The molecule has 19 heavy (non-hydrogen) atoms. The van der Waals surface area contributed by atoms with E-state index in [1.807, 2.05) is 6.92 Å². The summed E-state index contributed by atoms with van der Waals surface area (Å²) < 4.78 is 13.0. The van der Waals surface area contributed by atoms with Gasteiger partial charge in [-0.1, -0.05) is 24.6 Å². The first kappa shape index (κ1) is 18.2. The van der Waals surface area contributed by atoms with Crippen molar-refractivity contribution in [1.82, 2.24) is 5.32 Å². The van der Waals surface area contributed by atoms with Crippen LogP contribution in [-0.4, -0.2) is 11.9 Å². The lowest BCUT2D eigenvalue weighted by atomic mass is 10.0. The van der Waals surface area contributed by atoms with E-state index in [-0.39, 0.29) is 41.3 Å². The highest BCUT2D eigenvalue weighted by molar-refractivity contribution is 6.30. The van der Waals surface area contributed by atoms with Gasteiger partial charge in [0.05, 0.1) is 11.1 Å². The number of carbonyl (C=O) groups is 1. The molecule has 3 unspecified atom stereocenters. The fourth-order valence-electron chi connectivity index (χ4n) is 1.45. The number of rotatable bonds is 4. The average Bonchev–Trinajstić information content (AvgIpc) is 2.31. The lowest BCUT2D eigenvalue weighted by Crippen LogP contribution is -2.39. The summed E-state index contributed by atoms with van der Waals surface area (Å²) in [5.74, 6) is -0.871. The Bertz CT molecular complexity index is 441. The molecule has 0 aliphatic carbocycles. The van der Waals surface area contributed by atoms with Gasteiger partial charge in [-0.2, -0.15) is 0 Å². The standard InChI is InChI=1S/C13H18ClFN2O.ClH/c1-7(8(2)16)13(18)17-9(3)10-4-5-12(15)11(14)6-10;/h4-9H,16H2,1-3H3,(H,17,18);1H. The summed E-state index contributed by atoms with van der Waals surface area (Å²) in [4.78, 5) is 11.8. The number of hydrogen-bond acceptors (Lipinski definition) is 2. The summed E-state index contributed by atoms with van der Waals surface area (Å²) in [6, 6.07) is 3.95. The van der Waals surface area contributed by atoms with Crippen LogP contribution in [-0.2, 0) is 4.79 Å². The molecule has 0 aliphatic rings. The predicted molar refractivity (Wildman–Crippen MR) is 78.0 cm³/mol. The van der Waals surface area contributed by atoms with Crippen LogP contribution in [0.3, 0.4) is 0 Å². The number of hydrogen-bond donors (Lipinski definition) is 2. The van der Waals surface area contributed by atoms with E-state index >= 15 is 0 Å². The van der Waals surface area contributed by atoms with Gasteiger partial charge in [-0.15, -0.1) is 12.4 Å². The highest BCUT2D eigenvalue weighted by Crippen LogP contribution is 2.21. The Kier molecular flexibility index (Phi) is 7.34. The zero-order valence-corrected chi connectivity index (χ0v) is 12.7. The maximum atomic E-state index is 13.0. The average molecular weight is 309 g/mol. The van der Waals surface area contributed by atoms with Crippen LogP contribution in [0.15, 0.2) is 18.2 Å². The third-order valence-electron chi connectivity index (χ3n) is 3.00. The number of amides is 1. The van der Waals surface area contributed by atoms with E-state index in [9.17, 15) is 9.18 Å². The molecular formula is C13H19Cl2FN2O. The molecule has 0 aliphatic heterocycles. The Hall–Kier alpha value is -0.840. The minimum absolute atomic E-state index is 0. The number of carbonyl (C=O) groups excluding carboxylic acids is 1. The molecule has 108 valence electrons. The van der Waals surface area contributed by atoms with Crippen LogP contribution in [0.4, 0.5) is 4.39 Å². The zero-order valence-electron chi connectivity index (χ0n) is 11.1. The van der Waals surface area contributed by atoms with Crippen molar-refractivity contribution in [1.29, 1.82) is 0 Å². The van der Waals surface area contributed by atoms with E-state index in [1.165, 1.54) is 12.1 Å². The van der Waals surface area contributed by atoms with Gasteiger partial charge in [-0.25, -0.2) is 4.39 Å². The van der Waals surface area contributed by atoms with Crippen molar-refractivity contribution in [3.8, 4) is 0 Å². The Labute approximate surface area is 124 Å². The van der Waals surface area contributed by atoms with Gasteiger partial charge in [0.25, 0.3) is 0 Å². The van der Waals surface area contributed by atoms with Crippen molar-refractivity contribution in [3.63, 3.8) is 0 Å². The maximum absolute atomic E-state index is 13.0. The number of nitrogens with one attached hydrogen (secondary N) is 1. The first-order valence-corrected chi connectivity index (χ1v) is 6.21. The van der Waals surface area contributed by atoms with Crippen molar-refractivity contribution in [2.45, 2.75) is 32.9 Å². The van der Waals surface area contributed by atoms with Crippen molar-refractivity contribution >= 4 is 29.9 Å². The topological polar surface area (TPSA) is 55.1 Å². The Balaban J connectivity index is 0.00000324. The fraction of sp³-hybridized carbons (Fsp3) is 0.462. The second-order valence-corrected chi connectivity index (χ2v) is 4.96. The Morgan fingerprint density at radius 3 is 2.42 bits per heavy atom. The molecular weight excluding hydrogens is 290 g/mol. The maximum Gasteiger partial charge on any atom is 0.224 e. The van der Waals surface area contributed by atoms with Crippen LogP contribution in [0.25, 0.3) is 0 Å². The summed E-state index contributed by atoms with van der Waals surface area (Å²) >= 11 is 5.70. The van der Waals surface area contributed by atoms with Crippen molar-refractivity contribution in [3.05, 3.63) is 34.6 Å². The minimum atomic E-state index is -0.470. The van der Waals surface area contributed by atoms with Gasteiger partial charge in [0.1, 0.15) is 5.82 Å². The number of benzene rings is 1. The smallest absolute Gasteiger partial charge is 0.224 e. The van der Waals surface area contributed by atoms with Crippen LogP contribution in [0, 0.1) is 11.7 Å². The van der Waals surface area contributed by atoms with E-state index in [2.05, 4.69) is 5.32 Å². The molecule has 0 fully saturated rings. The largest absolute Gasteiger partial charge is 0.349 e. The van der Waals surface area contributed by atoms with Crippen LogP contribution < -0.4 is 11.1 Å². The summed E-state index contributed by atoms with van der Waals surface area (Å²) in [5, 5.41) is 2.87. The Morgan fingerprint density at radius 1 is 1.37 bits per heavy atom. The van der Waals surface area contributed by atoms with Crippen molar-refractivity contribution < 1.29 is 9.18 Å². The van der Waals surface area contributed by atoms with E-state index in [0.717, 1.165) is 5.56 Å². The first-order chi connectivity index (χ1) is 8.32.